The molecule has 0 aliphatic carbocycles. The number of piperidine rings is 1. The van der Waals surface area contributed by atoms with Crippen molar-refractivity contribution in [2.45, 2.75) is 18.9 Å². The zero-order chi connectivity index (χ0) is 19.9. The lowest BCUT2D eigenvalue weighted by Gasteiger charge is -2.35. The number of furan rings is 1. The molecule has 1 unspecified atom stereocenters. The van der Waals surface area contributed by atoms with Crippen LogP contribution in [0.15, 0.2) is 53.0 Å². The lowest BCUT2D eigenvalue weighted by molar-refractivity contribution is -0.124. The van der Waals surface area contributed by atoms with Crippen LogP contribution in [0.25, 0.3) is 0 Å². The Morgan fingerprint density at radius 1 is 1.29 bits per heavy atom. The average molecular weight is 401 g/mol. The van der Waals surface area contributed by atoms with Gasteiger partial charge in [-0.05, 0) is 42.3 Å². The third kappa shape index (κ3) is 4.69. The van der Waals surface area contributed by atoms with Crippen LogP contribution in [0.2, 0.25) is 0 Å². The maximum atomic E-state index is 12.6. The maximum absolute atomic E-state index is 12.6. The molecule has 8 heteroatoms. The molecule has 28 heavy (non-hydrogen) atoms. The molecule has 0 aromatic carbocycles. The van der Waals surface area contributed by atoms with Crippen molar-refractivity contribution in [2.75, 3.05) is 19.6 Å². The Labute approximate surface area is 167 Å². The number of thiophene rings is 1. The first kappa shape index (κ1) is 19.9. The van der Waals surface area contributed by atoms with Gasteiger partial charge in [0.1, 0.15) is 6.04 Å². The summed E-state index contributed by atoms with van der Waals surface area (Å²) in [5, 5.41) is 7.47. The highest BCUT2D eigenvalue weighted by atomic mass is 32.1. The highest BCUT2D eigenvalue weighted by Crippen LogP contribution is 2.23. The Balaban J connectivity index is 1.65. The van der Waals surface area contributed by atoms with Crippen LogP contribution in [0.5, 0.6) is 0 Å². The first-order valence-corrected chi connectivity index (χ1v) is 10.0. The molecule has 1 aliphatic rings. The van der Waals surface area contributed by atoms with Gasteiger partial charge in [-0.25, -0.2) is 0 Å². The molecule has 1 saturated heterocycles. The topological polar surface area (TPSA) is 91.7 Å². The third-order valence-electron chi connectivity index (χ3n) is 4.76. The minimum Gasteiger partial charge on any atom is -0.459 e. The standard InChI is InChI=1S/C20H23N3O4S/c1-2-9-21-19(25)17(22-18(24)16-6-4-13-28-16)14-7-10-23(11-8-14)20(26)15-5-3-12-27-15/h2-6,12-14,17H,1,7-11H2,(H,21,25)(H,22,24). The van der Waals surface area contributed by atoms with Gasteiger partial charge in [0.05, 0.1) is 11.1 Å². The van der Waals surface area contributed by atoms with Gasteiger partial charge in [0.15, 0.2) is 5.76 Å². The van der Waals surface area contributed by atoms with E-state index in [0.29, 0.717) is 43.1 Å². The number of nitrogens with zero attached hydrogens (tertiary/aromatic N) is 1. The summed E-state index contributed by atoms with van der Waals surface area (Å²) in [6.45, 7) is 4.95. The smallest absolute Gasteiger partial charge is 0.289 e. The molecule has 2 N–H and O–H groups in total. The molecule has 2 aromatic rings. The van der Waals surface area contributed by atoms with Crippen LogP contribution in [0, 0.1) is 5.92 Å². The summed E-state index contributed by atoms with van der Waals surface area (Å²) in [5.41, 5.74) is 0. The van der Waals surface area contributed by atoms with E-state index >= 15 is 0 Å². The predicted octanol–water partition coefficient (Wildman–Crippen LogP) is 2.29. The van der Waals surface area contributed by atoms with Crippen molar-refractivity contribution in [2.24, 2.45) is 5.92 Å². The molecule has 0 saturated carbocycles. The second-order valence-corrected chi connectivity index (χ2v) is 7.52. The van der Waals surface area contributed by atoms with Gasteiger partial charge in [0.25, 0.3) is 11.8 Å². The van der Waals surface area contributed by atoms with Crippen LogP contribution in [-0.4, -0.2) is 48.3 Å². The zero-order valence-electron chi connectivity index (χ0n) is 15.4. The van der Waals surface area contributed by atoms with E-state index in [1.807, 2.05) is 5.38 Å². The van der Waals surface area contributed by atoms with Crippen molar-refractivity contribution in [3.63, 3.8) is 0 Å². The van der Waals surface area contributed by atoms with Gasteiger partial charge >= 0.3 is 0 Å². The van der Waals surface area contributed by atoms with Crippen molar-refractivity contribution in [1.82, 2.24) is 15.5 Å². The van der Waals surface area contributed by atoms with Crippen LogP contribution in [-0.2, 0) is 4.79 Å². The number of rotatable bonds is 7. The van der Waals surface area contributed by atoms with Crippen LogP contribution >= 0.6 is 11.3 Å². The lowest BCUT2D eigenvalue weighted by atomic mass is 9.88. The van der Waals surface area contributed by atoms with Gasteiger partial charge in [0, 0.05) is 19.6 Å². The van der Waals surface area contributed by atoms with Crippen molar-refractivity contribution in [1.29, 1.82) is 0 Å². The molecular weight excluding hydrogens is 378 g/mol. The van der Waals surface area contributed by atoms with Gasteiger partial charge in [-0.15, -0.1) is 17.9 Å². The lowest BCUT2D eigenvalue weighted by Crippen LogP contribution is -2.53. The Bertz CT molecular complexity index is 809. The van der Waals surface area contributed by atoms with Gasteiger partial charge in [-0.1, -0.05) is 12.1 Å². The second-order valence-electron chi connectivity index (χ2n) is 6.57. The first-order chi connectivity index (χ1) is 13.6. The number of likely N-dealkylation sites (tertiary alicyclic amines) is 1. The molecule has 0 bridgehead atoms. The van der Waals surface area contributed by atoms with E-state index in [0.717, 1.165) is 0 Å². The first-order valence-electron chi connectivity index (χ1n) is 9.16. The summed E-state index contributed by atoms with van der Waals surface area (Å²) in [6, 6.07) is 6.19. The zero-order valence-corrected chi connectivity index (χ0v) is 16.2. The van der Waals surface area contributed by atoms with E-state index < -0.39 is 6.04 Å². The summed E-state index contributed by atoms with van der Waals surface area (Å²) in [7, 11) is 0. The van der Waals surface area contributed by atoms with Crippen LogP contribution in [0.3, 0.4) is 0 Å². The predicted molar refractivity (Wildman–Crippen MR) is 106 cm³/mol. The molecule has 7 nitrogen and oxygen atoms in total. The summed E-state index contributed by atoms with van der Waals surface area (Å²) >= 11 is 1.33. The number of carbonyl (C=O) groups is 3. The molecular formula is C20H23N3O4S. The molecule has 148 valence electrons. The van der Waals surface area contributed by atoms with Crippen LogP contribution < -0.4 is 10.6 Å². The van der Waals surface area contributed by atoms with E-state index in [-0.39, 0.29) is 23.6 Å². The minimum atomic E-state index is -0.657. The monoisotopic (exact) mass is 401 g/mol. The van der Waals surface area contributed by atoms with E-state index in [4.69, 9.17) is 4.42 Å². The Morgan fingerprint density at radius 3 is 2.68 bits per heavy atom. The van der Waals surface area contributed by atoms with E-state index in [1.165, 1.54) is 17.6 Å². The molecule has 0 spiro atoms. The van der Waals surface area contributed by atoms with Gasteiger partial charge in [-0.2, -0.15) is 0 Å². The fourth-order valence-electron chi connectivity index (χ4n) is 3.29. The number of amides is 3. The molecule has 2 aromatic heterocycles. The molecule has 1 fully saturated rings. The van der Waals surface area contributed by atoms with E-state index in [2.05, 4.69) is 17.2 Å². The number of carbonyl (C=O) groups excluding carboxylic acids is 3. The minimum absolute atomic E-state index is 0.0608. The largest absolute Gasteiger partial charge is 0.459 e. The Hall–Kier alpha value is -2.87. The molecule has 3 heterocycles. The van der Waals surface area contributed by atoms with Crippen molar-refractivity contribution < 1.29 is 18.8 Å². The SMILES string of the molecule is C=CCNC(=O)C(NC(=O)c1cccs1)C1CCN(C(=O)c2ccco2)CC1. The Kier molecular flexibility index (Phi) is 6.65. The van der Waals surface area contributed by atoms with Crippen molar-refractivity contribution in [3.05, 3.63) is 59.2 Å². The van der Waals surface area contributed by atoms with Crippen molar-refractivity contribution >= 4 is 29.1 Å². The third-order valence-corrected chi connectivity index (χ3v) is 5.63. The highest BCUT2D eigenvalue weighted by molar-refractivity contribution is 7.12. The fraction of sp³-hybridized carbons (Fsp3) is 0.350. The molecule has 1 aliphatic heterocycles. The summed E-state index contributed by atoms with van der Waals surface area (Å²) in [4.78, 5) is 39.8. The van der Waals surface area contributed by atoms with Crippen molar-refractivity contribution in [3.8, 4) is 0 Å². The number of hydrogen-bond donors (Lipinski definition) is 2. The van der Waals surface area contributed by atoms with Gasteiger partial charge in [-0.3, -0.25) is 14.4 Å². The molecule has 3 amide bonds. The number of nitrogens with one attached hydrogen (secondary N) is 2. The highest BCUT2D eigenvalue weighted by Gasteiger charge is 2.34. The maximum Gasteiger partial charge on any atom is 0.289 e. The quantitative estimate of drug-likeness (QED) is 0.697. The fourth-order valence-corrected chi connectivity index (χ4v) is 3.92. The second kappa shape index (κ2) is 9.36. The van der Waals surface area contributed by atoms with Gasteiger partial charge in [0.2, 0.25) is 5.91 Å². The van der Waals surface area contributed by atoms with Gasteiger partial charge < -0.3 is 20.0 Å². The van der Waals surface area contributed by atoms with E-state index in [9.17, 15) is 14.4 Å². The summed E-state index contributed by atoms with van der Waals surface area (Å²) < 4.78 is 5.18. The molecule has 0 radical (unpaired) electrons. The van der Waals surface area contributed by atoms with E-state index in [1.54, 1.807) is 35.2 Å². The Morgan fingerprint density at radius 2 is 2.07 bits per heavy atom. The van der Waals surface area contributed by atoms with Crippen LogP contribution in [0.4, 0.5) is 0 Å². The average Bonchev–Trinajstić information content (AvgIpc) is 3.44. The molecule has 3 rings (SSSR count). The summed E-state index contributed by atoms with van der Waals surface area (Å²) in [5.74, 6) is -0.402. The van der Waals surface area contributed by atoms with Crippen LogP contribution in [0.1, 0.15) is 33.1 Å². The normalized spacial score (nSPS) is 15.6. The number of hydrogen-bond acceptors (Lipinski definition) is 5. The summed E-state index contributed by atoms with van der Waals surface area (Å²) in [6.07, 6.45) is 4.30. The molecule has 1 atom stereocenters.